The molecule has 1 N–H and O–H groups in total. The summed E-state index contributed by atoms with van der Waals surface area (Å²) in [6.45, 7) is 8.41. The molecule has 4 rings (SSSR count). The lowest BCUT2D eigenvalue weighted by Crippen LogP contribution is -2.51. The van der Waals surface area contributed by atoms with Crippen molar-refractivity contribution in [3.05, 3.63) is 69.8 Å². The summed E-state index contributed by atoms with van der Waals surface area (Å²) in [5.74, 6) is -0.182. The molecule has 2 aromatic carbocycles. The van der Waals surface area contributed by atoms with Crippen molar-refractivity contribution in [2.75, 3.05) is 38.0 Å². The molecule has 8 heteroatoms. The Hall–Kier alpha value is -3.52. The predicted molar refractivity (Wildman–Crippen MR) is 128 cm³/mol. The number of nitrogens with one attached hydrogen (secondary N) is 1. The van der Waals surface area contributed by atoms with E-state index in [4.69, 9.17) is 0 Å². The van der Waals surface area contributed by atoms with E-state index in [1.807, 2.05) is 56.0 Å². The van der Waals surface area contributed by atoms with Crippen LogP contribution in [0.15, 0.2) is 47.5 Å². The van der Waals surface area contributed by atoms with Gasteiger partial charge in [-0.25, -0.2) is 4.98 Å². The van der Waals surface area contributed by atoms with Gasteiger partial charge in [0.15, 0.2) is 0 Å². The van der Waals surface area contributed by atoms with Crippen LogP contribution in [0.4, 0.5) is 5.69 Å². The lowest BCUT2D eigenvalue weighted by atomic mass is 10.1. The van der Waals surface area contributed by atoms with Crippen molar-refractivity contribution in [1.82, 2.24) is 19.4 Å². The van der Waals surface area contributed by atoms with Crippen LogP contribution in [0, 0.1) is 20.8 Å². The number of rotatable bonds is 5. The van der Waals surface area contributed by atoms with Gasteiger partial charge in [0.25, 0.3) is 5.56 Å². The number of para-hydroxylation sites is 1. The highest BCUT2D eigenvalue weighted by Crippen LogP contribution is 2.18. The van der Waals surface area contributed by atoms with E-state index < -0.39 is 0 Å². The van der Waals surface area contributed by atoms with E-state index >= 15 is 0 Å². The number of hydrogen-bond donors (Lipinski definition) is 1. The third kappa shape index (κ3) is 4.96. The molecule has 33 heavy (non-hydrogen) atoms. The Balaban J connectivity index is 1.32. The number of hydrogen-bond acceptors (Lipinski definition) is 5. The highest BCUT2D eigenvalue weighted by molar-refractivity contribution is 5.93. The number of anilines is 1. The van der Waals surface area contributed by atoms with E-state index in [9.17, 15) is 14.4 Å². The van der Waals surface area contributed by atoms with Crippen molar-refractivity contribution in [3.8, 4) is 0 Å². The predicted octanol–water partition coefficient (Wildman–Crippen LogP) is 2.10. The van der Waals surface area contributed by atoms with Crippen molar-refractivity contribution in [2.24, 2.45) is 0 Å². The fourth-order valence-electron chi connectivity index (χ4n) is 4.13. The molecule has 1 aliphatic heterocycles. The summed E-state index contributed by atoms with van der Waals surface area (Å²) in [5.41, 5.74) is 4.42. The first-order valence-corrected chi connectivity index (χ1v) is 11.1. The van der Waals surface area contributed by atoms with E-state index in [0.717, 1.165) is 22.4 Å². The lowest BCUT2D eigenvalue weighted by Gasteiger charge is -2.34. The minimum atomic E-state index is -0.209. The number of benzene rings is 2. The van der Waals surface area contributed by atoms with E-state index in [2.05, 4.69) is 10.3 Å². The van der Waals surface area contributed by atoms with Gasteiger partial charge < -0.3 is 10.2 Å². The van der Waals surface area contributed by atoms with E-state index in [-0.39, 0.29) is 30.5 Å². The molecule has 0 atom stereocenters. The Morgan fingerprint density at radius 2 is 1.64 bits per heavy atom. The van der Waals surface area contributed by atoms with Gasteiger partial charge in [0, 0.05) is 31.9 Å². The zero-order valence-electron chi connectivity index (χ0n) is 19.3. The maximum absolute atomic E-state index is 12.8. The smallest absolute Gasteiger partial charge is 0.261 e. The molecule has 1 aliphatic rings. The van der Waals surface area contributed by atoms with Crippen molar-refractivity contribution >= 4 is 28.4 Å². The Morgan fingerprint density at radius 1 is 0.939 bits per heavy atom. The van der Waals surface area contributed by atoms with Gasteiger partial charge in [-0.3, -0.25) is 23.9 Å². The largest absolute Gasteiger partial charge is 0.339 e. The van der Waals surface area contributed by atoms with Gasteiger partial charge in [-0.1, -0.05) is 24.3 Å². The van der Waals surface area contributed by atoms with Crippen LogP contribution in [0.5, 0.6) is 0 Å². The standard InChI is InChI=1S/C25H29N5O3/c1-17-6-5-9-21(19(17)3)27-22(31)14-28-10-12-29(13-11-28)23(32)15-30-16-26-24-18(2)7-4-8-20(24)25(30)33/h4-9,16H,10-15H2,1-3H3,(H,27,31). The lowest BCUT2D eigenvalue weighted by molar-refractivity contribution is -0.133. The highest BCUT2D eigenvalue weighted by atomic mass is 16.2. The van der Waals surface area contributed by atoms with Crippen molar-refractivity contribution in [2.45, 2.75) is 27.3 Å². The van der Waals surface area contributed by atoms with Crippen molar-refractivity contribution in [1.29, 1.82) is 0 Å². The van der Waals surface area contributed by atoms with Gasteiger partial charge in [0.1, 0.15) is 6.54 Å². The number of aromatic nitrogens is 2. The molecule has 0 radical (unpaired) electrons. The normalized spacial score (nSPS) is 14.5. The Labute approximate surface area is 192 Å². The van der Waals surface area contributed by atoms with Crippen molar-refractivity contribution in [3.63, 3.8) is 0 Å². The summed E-state index contributed by atoms with van der Waals surface area (Å²) in [4.78, 5) is 46.2. The second kappa shape index (κ2) is 9.54. The van der Waals surface area contributed by atoms with Gasteiger partial charge in [-0.05, 0) is 49.6 Å². The maximum atomic E-state index is 12.8. The molecule has 0 saturated carbocycles. The average molecular weight is 448 g/mol. The summed E-state index contributed by atoms with van der Waals surface area (Å²) < 4.78 is 1.37. The number of piperazine rings is 1. The van der Waals surface area contributed by atoms with Crippen LogP contribution in [-0.2, 0) is 16.1 Å². The maximum Gasteiger partial charge on any atom is 0.261 e. The summed E-state index contributed by atoms with van der Waals surface area (Å²) in [5, 5.41) is 3.50. The number of fused-ring (bicyclic) bond motifs is 1. The summed E-state index contributed by atoms with van der Waals surface area (Å²) >= 11 is 0. The molecule has 1 fully saturated rings. The SMILES string of the molecule is Cc1cccc(NC(=O)CN2CCN(C(=O)Cn3cnc4c(C)cccc4c3=O)CC2)c1C. The number of nitrogens with zero attached hydrogens (tertiary/aromatic N) is 4. The molecule has 0 spiro atoms. The van der Waals surface area contributed by atoms with E-state index in [0.29, 0.717) is 37.1 Å². The van der Waals surface area contributed by atoms with Gasteiger partial charge in [0.05, 0.1) is 23.8 Å². The minimum absolute atomic E-state index is 0.0389. The van der Waals surface area contributed by atoms with Gasteiger partial charge >= 0.3 is 0 Å². The third-order valence-electron chi connectivity index (χ3n) is 6.33. The molecule has 0 aliphatic carbocycles. The number of carbonyl (C=O) groups is 2. The second-order valence-electron chi connectivity index (χ2n) is 8.60. The Morgan fingerprint density at radius 3 is 2.39 bits per heavy atom. The van der Waals surface area contributed by atoms with Crippen LogP contribution in [0.2, 0.25) is 0 Å². The first-order chi connectivity index (χ1) is 15.8. The fraction of sp³-hybridized carbons (Fsp3) is 0.360. The van der Waals surface area contributed by atoms with Crippen LogP contribution >= 0.6 is 0 Å². The summed E-state index contributed by atoms with van der Waals surface area (Å²) in [6, 6.07) is 11.3. The van der Waals surface area contributed by atoms with E-state index in [1.54, 1.807) is 11.0 Å². The zero-order valence-corrected chi connectivity index (χ0v) is 19.3. The molecule has 2 heterocycles. The second-order valence-corrected chi connectivity index (χ2v) is 8.60. The van der Waals surface area contributed by atoms with Crippen LogP contribution in [0.1, 0.15) is 16.7 Å². The average Bonchev–Trinajstić information content (AvgIpc) is 2.79. The Bertz CT molecular complexity index is 1260. The molecule has 8 nitrogen and oxygen atoms in total. The van der Waals surface area contributed by atoms with Gasteiger partial charge in [-0.2, -0.15) is 0 Å². The number of aryl methyl sites for hydroxylation is 2. The first-order valence-electron chi connectivity index (χ1n) is 11.1. The molecule has 2 amide bonds. The van der Waals surface area contributed by atoms with Crippen LogP contribution < -0.4 is 10.9 Å². The quantitative estimate of drug-likeness (QED) is 0.647. The zero-order chi connectivity index (χ0) is 23.5. The fourth-order valence-corrected chi connectivity index (χ4v) is 4.13. The Kier molecular flexibility index (Phi) is 6.55. The molecular weight excluding hydrogens is 418 g/mol. The highest BCUT2D eigenvalue weighted by Gasteiger charge is 2.23. The molecule has 3 aromatic rings. The molecule has 172 valence electrons. The molecule has 1 aromatic heterocycles. The van der Waals surface area contributed by atoms with Gasteiger partial charge in [-0.15, -0.1) is 0 Å². The monoisotopic (exact) mass is 447 g/mol. The van der Waals surface area contributed by atoms with Crippen LogP contribution in [0.3, 0.4) is 0 Å². The number of amides is 2. The number of carbonyl (C=O) groups excluding carboxylic acids is 2. The minimum Gasteiger partial charge on any atom is -0.339 e. The molecule has 0 bridgehead atoms. The topological polar surface area (TPSA) is 87.5 Å². The summed E-state index contributed by atoms with van der Waals surface area (Å²) in [7, 11) is 0. The summed E-state index contributed by atoms with van der Waals surface area (Å²) in [6.07, 6.45) is 1.45. The van der Waals surface area contributed by atoms with Gasteiger partial charge in [0.2, 0.25) is 11.8 Å². The molecular formula is C25H29N5O3. The van der Waals surface area contributed by atoms with Crippen LogP contribution in [0.25, 0.3) is 10.9 Å². The first kappa shape index (κ1) is 22.7. The molecule has 1 saturated heterocycles. The van der Waals surface area contributed by atoms with E-state index in [1.165, 1.54) is 10.9 Å². The van der Waals surface area contributed by atoms with Crippen LogP contribution in [-0.4, -0.2) is 63.9 Å². The third-order valence-corrected chi connectivity index (χ3v) is 6.33. The molecule has 0 unspecified atom stereocenters. The van der Waals surface area contributed by atoms with Crippen molar-refractivity contribution < 1.29 is 9.59 Å².